The van der Waals surface area contributed by atoms with Crippen LogP contribution in [0.2, 0.25) is 0 Å². The number of hydrogen-bond donors (Lipinski definition) is 1. The Bertz CT molecular complexity index is 151. The van der Waals surface area contributed by atoms with E-state index in [0.717, 1.165) is 6.42 Å². The molecular formula is C14H28O. The summed E-state index contributed by atoms with van der Waals surface area (Å²) in [5.41, 5.74) is 0. The summed E-state index contributed by atoms with van der Waals surface area (Å²) in [7, 11) is 0. The molecule has 0 fully saturated rings. The van der Waals surface area contributed by atoms with E-state index in [1.165, 1.54) is 32.1 Å². The van der Waals surface area contributed by atoms with Crippen molar-refractivity contribution in [2.45, 2.75) is 59.3 Å². The molecule has 0 aromatic heterocycles. The number of rotatable bonds is 9. The minimum Gasteiger partial charge on any atom is -0.396 e. The van der Waals surface area contributed by atoms with Gasteiger partial charge in [-0.15, -0.1) is 0 Å². The van der Waals surface area contributed by atoms with Gasteiger partial charge in [0.1, 0.15) is 0 Å². The van der Waals surface area contributed by atoms with Crippen LogP contribution in [-0.2, 0) is 0 Å². The van der Waals surface area contributed by atoms with E-state index in [2.05, 4.69) is 32.9 Å². The first-order valence-corrected chi connectivity index (χ1v) is 6.49. The van der Waals surface area contributed by atoms with Crippen LogP contribution >= 0.6 is 0 Å². The molecule has 0 spiro atoms. The van der Waals surface area contributed by atoms with E-state index >= 15 is 0 Å². The molecule has 0 saturated carbocycles. The normalized spacial score (nSPS) is 15.7. The zero-order valence-electron chi connectivity index (χ0n) is 10.7. The van der Waals surface area contributed by atoms with Crippen molar-refractivity contribution in [3.05, 3.63) is 12.2 Å². The van der Waals surface area contributed by atoms with E-state index in [1.54, 1.807) is 0 Å². The highest BCUT2D eigenvalue weighted by atomic mass is 16.2. The molecule has 15 heavy (non-hydrogen) atoms. The van der Waals surface area contributed by atoms with Gasteiger partial charge in [0, 0.05) is 6.61 Å². The highest BCUT2D eigenvalue weighted by molar-refractivity contribution is 4.89. The number of unbranched alkanes of at least 4 members (excludes halogenated alkanes) is 3. The van der Waals surface area contributed by atoms with Crippen LogP contribution in [0.4, 0.5) is 0 Å². The van der Waals surface area contributed by atoms with Crippen molar-refractivity contribution >= 4 is 0 Å². The second kappa shape index (κ2) is 10.2. The number of aliphatic hydroxyl groups excluding tert-OH is 1. The second-order valence-corrected chi connectivity index (χ2v) is 4.70. The van der Waals surface area contributed by atoms with Crippen molar-refractivity contribution in [1.82, 2.24) is 0 Å². The first-order valence-electron chi connectivity index (χ1n) is 6.49. The summed E-state index contributed by atoms with van der Waals surface area (Å²) in [6.45, 7) is 7.00. The van der Waals surface area contributed by atoms with Gasteiger partial charge in [0.15, 0.2) is 0 Å². The van der Waals surface area contributed by atoms with E-state index in [0.29, 0.717) is 18.4 Å². The molecule has 1 heteroatoms. The first kappa shape index (κ1) is 14.7. The predicted octanol–water partition coefficient (Wildman–Crippen LogP) is 4.17. The van der Waals surface area contributed by atoms with Crippen molar-refractivity contribution in [2.24, 2.45) is 11.8 Å². The van der Waals surface area contributed by atoms with Gasteiger partial charge < -0.3 is 5.11 Å². The standard InChI is InChI=1S/C14H28O/c1-4-5-6-7-8-13(2)9-10-14(3)11-12-15/h9-10,13-15H,4-8,11-12H2,1-3H3. The molecule has 0 aliphatic rings. The zero-order chi connectivity index (χ0) is 11.5. The van der Waals surface area contributed by atoms with Crippen LogP contribution in [0.5, 0.6) is 0 Å². The summed E-state index contributed by atoms with van der Waals surface area (Å²) in [6.07, 6.45) is 12.2. The Morgan fingerprint density at radius 1 is 0.933 bits per heavy atom. The van der Waals surface area contributed by atoms with Crippen molar-refractivity contribution in [2.75, 3.05) is 6.61 Å². The second-order valence-electron chi connectivity index (χ2n) is 4.70. The third-order valence-corrected chi connectivity index (χ3v) is 2.87. The van der Waals surface area contributed by atoms with Crippen molar-refractivity contribution in [1.29, 1.82) is 0 Å². The monoisotopic (exact) mass is 212 g/mol. The molecule has 0 amide bonds. The van der Waals surface area contributed by atoms with Crippen LogP contribution in [0.1, 0.15) is 59.3 Å². The summed E-state index contributed by atoms with van der Waals surface area (Å²) in [5, 5.41) is 8.77. The van der Waals surface area contributed by atoms with Gasteiger partial charge in [-0.05, 0) is 24.7 Å². The van der Waals surface area contributed by atoms with Crippen LogP contribution in [0.25, 0.3) is 0 Å². The quantitative estimate of drug-likeness (QED) is 0.449. The molecule has 0 rings (SSSR count). The Morgan fingerprint density at radius 2 is 1.53 bits per heavy atom. The minimum absolute atomic E-state index is 0.302. The molecule has 90 valence electrons. The number of aliphatic hydroxyl groups is 1. The number of hydrogen-bond acceptors (Lipinski definition) is 1. The summed E-state index contributed by atoms with van der Waals surface area (Å²) >= 11 is 0. The lowest BCUT2D eigenvalue weighted by Crippen LogP contribution is -1.96. The zero-order valence-corrected chi connectivity index (χ0v) is 10.7. The third kappa shape index (κ3) is 9.99. The summed E-state index contributed by atoms with van der Waals surface area (Å²) < 4.78 is 0. The average Bonchev–Trinajstić information content (AvgIpc) is 2.22. The van der Waals surface area contributed by atoms with Gasteiger partial charge in [-0.3, -0.25) is 0 Å². The Hall–Kier alpha value is -0.300. The van der Waals surface area contributed by atoms with Crippen molar-refractivity contribution < 1.29 is 5.11 Å². The SMILES string of the molecule is CCCCCCC(C)C=CC(C)CCO. The van der Waals surface area contributed by atoms with Gasteiger partial charge in [0.05, 0.1) is 0 Å². The van der Waals surface area contributed by atoms with Gasteiger partial charge in [-0.2, -0.15) is 0 Å². The van der Waals surface area contributed by atoms with Crippen LogP contribution in [0.15, 0.2) is 12.2 Å². The molecule has 0 heterocycles. The van der Waals surface area contributed by atoms with Crippen LogP contribution in [0.3, 0.4) is 0 Å². The van der Waals surface area contributed by atoms with E-state index in [-0.39, 0.29) is 0 Å². The van der Waals surface area contributed by atoms with E-state index in [9.17, 15) is 0 Å². The summed E-state index contributed by atoms with van der Waals surface area (Å²) in [4.78, 5) is 0. The fourth-order valence-corrected chi connectivity index (χ4v) is 1.67. The van der Waals surface area contributed by atoms with Crippen molar-refractivity contribution in [3.8, 4) is 0 Å². The molecule has 0 bridgehead atoms. The maximum absolute atomic E-state index is 8.77. The molecule has 2 unspecified atom stereocenters. The van der Waals surface area contributed by atoms with E-state index in [4.69, 9.17) is 5.11 Å². The first-order chi connectivity index (χ1) is 7.20. The van der Waals surface area contributed by atoms with Crippen LogP contribution in [0, 0.1) is 11.8 Å². The molecule has 1 nitrogen and oxygen atoms in total. The lowest BCUT2D eigenvalue weighted by atomic mass is 9.99. The molecule has 1 N–H and O–H groups in total. The maximum Gasteiger partial charge on any atom is 0.0436 e. The minimum atomic E-state index is 0.302. The number of allylic oxidation sites excluding steroid dienone is 2. The van der Waals surface area contributed by atoms with Gasteiger partial charge in [0.25, 0.3) is 0 Å². The fraction of sp³-hybridized carbons (Fsp3) is 0.857. The molecule has 2 atom stereocenters. The molecule has 0 aliphatic carbocycles. The van der Waals surface area contributed by atoms with Crippen LogP contribution in [-0.4, -0.2) is 11.7 Å². The topological polar surface area (TPSA) is 20.2 Å². The van der Waals surface area contributed by atoms with Crippen molar-refractivity contribution in [3.63, 3.8) is 0 Å². The lowest BCUT2D eigenvalue weighted by molar-refractivity contribution is 0.274. The maximum atomic E-state index is 8.77. The average molecular weight is 212 g/mol. The van der Waals surface area contributed by atoms with Gasteiger partial charge in [0.2, 0.25) is 0 Å². The molecule has 0 saturated heterocycles. The Labute approximate surface area is 95.6 Å². The highest BCUT2D eigenvalue weighted by Crippen LogP contribution is 2.13. The Morgan fingerprint density at radius 3 is 2.07 bits per heavy atom. The molecule has 0 radical (unpaired) electrons. The molecule has 0 aliphatic heterocycles. The lowest BCUT2D eigenvalue weighted by Gasteiger charge is -2.07. The van der Waals surface area contributed by atoms with Gasteiger partial charge in [-0.1, -0.05) is 58.6 Å². The molecule has 0 aromatic rings. The summed E-state index contributed by atoms with van der Waals surface area (Å²) in [5.74, 6) is 1.22. The fourth-order valence-electron chi connectivity index (χ4n) is 1.67. The molecular weight excluding hydrogens is 184 g/mol. The third-order valence-electron chi connectivity index (χ3n) is 2.87. The molecule has 0 aromatic carbocycles. The Kier molecular flexibility index (Phi) is 10.0. The Balaban J connectivity index is 3.49. The van der Waals surface area contributed by atoms with Crippen LogP contribution < -0.4 is 0 Å². The smallest absolute Gasteiger partial charge is 0.0436 e. The van der Waals surface area contributed by atoms with Gasteiger partial charge in [-0.25, -0.2) is 0 Å². The predicted molar refractivity (Wildman–Crippen MR) is 67.9 cm³/mol. The van der Waals surface area contributed by atoms with E-state index < -0.39 is 0 Å². The largest absolute Gasteiger partial charge is 0.396 e. The van der Waals surface area contributed by atoms with Gasteiger partial charge >= 0.3 is 0 Å². The highest BCUT2D eigenvalue weighted by Gasteiger charge is 1.99. The van der Waals surface area contributed by atoms with E-state index in [1.807, 2.05) is 0 Å². The summed E-state index contributed by atoms with van der Waals surface area (Å²) in [6, 6.07) is 0.